The molecule has 0 radical (unpaired) electrons. The van der Waals surface area contributed by atoms with Gasteiger partial charge in [-0.05, 0) is 29.5 Å². The van der Waals surface area contributed by atoms with Crippen LogP contribution < -0.4 is 0 Å². The van der Waals surface area contributed by atoms with Crippen LogP contribution >= 0.6 is 34.2 Å². The third kappa shape index (κ3) is 2.02. The van der Waals surface area contributed by atoms with Crippen molar-refractivity contribution in [1.29, 1.82) is 0 Å². The molecule has 0 unspecified atom stereocenters. The summed E-state index contributed by atoms with van der Waals surface area (Å²) in [5.74, 6) is 0. The third-order valence-corrected chi connectivity index (χ3v) is 4.16. The molecule has 3 heterocycles. The minimum Gasteiger partial charge on any atom is -0.388 e. The maximum atomic E-state index is 10.0. The molecule has 0 spiro atoms. The minimum absolute atomic E-state index is 0.293. The normalized spacial score (nSPS) is 31.2. The zero-order valence-corrected chi connectivity index (χ0v) is 12.6. The van der Waals surface area contributed by atoms with Crippen LogP contribution in [0.5, 0.6) is 0 Å². The van der Waals surface area contributed by atoms with Gasteiger partial charge in [0.05, 0.1) is 11.5 Å². The highest BCUT2D eigenvalue weighted by Crippen LogP contribution is 2.33. The lowest BCUT2D eigenvalue weighted by molar-refractivity contribution is -0.0374. The van der Waals surface area contributed by atoms with E-state index in [1.165, 1.54) is 11.0 Å². The summed E-state index contributed by atoms with van der Waals surface area (Å²) in [5, 5.41) is 24.9. The quantitative estimate of drug-likeness (QED) is 0.545. The van der Waals surface area contributed by atoms with E-state index in [1.807, 2.05) is 22.6 Å². The van der Waals surface area contributed by atoms with Crippen LogP contribution in [0, 0.1) is 3.70 Å². The molecule has 9 heteroatoms. The van der Waals surface area contributed by atoms with Crippen LogP contribution in [0.4, 0.5) is 0 Å². The Labute approximate surface area is 126 Å². The summed E-state index contributed by atoms with van der Waals surface area (Å²) in [6, 6.07) is 0. The average Bonchev–Trinajstić information content (AvgIpc) is 2.83. The maximum Gasteiger partial charge on any atom is 0.181 e. The highest BCUT2D eigenvalue weighted by Gasteiger charge is 2.42. The first-order valence-corrected chi connectivity index (χ1v) is 7.02. The molecular weight excluding hydrogens is 386 g/mol. The summed E-state index contributed by atoms with van der Waals surface area (Å²) in [4.78, 5) is 8.02. The molecule has 0 aromatic carbocycles. The van der Waals surface area contributed by atoms with Crippen molar-refractivity contribution in [2.24, 2.45) is 0 Å². The van der Waals surface area contributed by atoms with Crippen molar-refractivity contribution >= 4 is 45.2 Å². The summed E-state index contributed by atoms with van der Waals surface area (Å²) in [5.41, 5.74) is 0.467. The van der Waals surface area contributed by atoms with Crippen molar-refractivity contribution in [2.45, 2.75) is 31.5 Å². The monoisotopic (exact) mass is 396 g/mol. The molecule has 2 aromatic rings. The standard InChI is InChI=1S/C10H10ClIN4O3/c1-3-5(17)6(18)10(19-3)16-9-4(8(12)15-16)7(11)13-2-14-9/h2-3,5-6,10,17-18H,1H3/t3-,5+,6+,10-/m1/s1. The van der Waals surface area contributed by atoms with E-state index < -0.39 is 24.5 Å². The first-order chi connectivity index (χ1) is 9.00. The van der Waals surface area contributed by atoms with Crippen molar-refractivity contribution in [2.75, 3.05) is 0 Å². The van der Waals surface area contributed by atoms with Gasteiger partial charge in [0.2, 0.25) is 0 Å². The fourth-order valence-electron chi connectivity index (χ4n) is 2.11. The van der Waals surface area contributed by atoms with Crippen molar-refractivity contribution in [3.63, 3.8) is 0 Å². The Morgan fingerprint density at radius 2 is 2.11 bits per heavy atom. The molecule has 1 aliphatic rings. The van der Waals surface area contributed by atoms with Gasteiger partial charge in [-0.3, -0.25) is 0 Å². The van der Waals surface area contributed by atoms with Crippen LogP contribution in [0.15, 0.2) is 6.33 Å². The average molecular weight is 397 g/mol. The number of aliphatic hydroxyl groups is 2. The lowest BCUT2D eigenvalue weighted by atomic mass is 10.1. The molecule has 1 aliphatic heterocycles. The Kier molecular flexibility index (Phi) is 3.38. The molecule has 0 aliphatic carbocycles. The van der Waals surface area contributed by atoms with Crippen LogP contribution in [0.3, 0.4) is 0 Å². The number of nitrogens with zero attached hydrogens (tertiary/aromatic N) is 4. The molecule has 0 saturated carbocycles. The van der Waals surface area contributed by atoms with Gasteiger partial charge in [0.1, 0.15) is 27.4 Å². The number of halogens is 2. The molecular formula is C10H10ClIN4O3. The largest absolute Gasteiger partial charge is 0.388 e. The van der Waals surface area contributed by atoms with Crippen LogP contribution in [-0.4, -0.2) is 48.3 Å². The number of ether oxygens (including phenoxy) is 1. The van der Waals surface area contributed by atoms with Gasteiger partial charge in [0.15, 0.2) is 11.9 Å². The summed E-state index contributed by atoms with van der Waals surface area (Å²) in [7, 11) is 0. The maximum absolute atomic E-state index is 10.0. The number of rotatable bonds is 1. The molecule has 2 aromatic heterocycles. The fourth-order valence-corrected chi connectivity index (χ4v) is 3.21. The highest BCUT2D eigenvalue weighted by atomic mass is 127. The first kappa shape index (κ1) is 13.4. The number of aromatic nitrogens is 4. The number of aliphatic hydroxyl groups excluding tert-OH is 2. The molecule has 102 valence electrons. The molecule has 3 rings (SSSR count). The van der Waals surface area contributed by atoms with Gasteiger partial charge in [-0.2, -0.15) is 5.10 Å². The zero-order valence-electron chi connectivity index (χ0n) is 9.73. The fraction of sp³-hybridized carbons (Fsp3) is 0.500. The highest BCUT2D eigenvalue weighted by molar-refractivity contribution is 14.1. The minimum atomic E-state index is -1.07. The zero-order chi connectivity index (χ0) is 13.7. The van der Waals surface area contributed by atoms with Gasteiger partial charge in [-0.1, -0.05) is 11.6 Å². The summed E-state index contributed by atoms with van der Waals surface area (Å²) in [6.45, 7) is 1.69. The Balaban J connectivity index is 2.14. The van der Waals surface area contributed by atoms with Gasteiger partial charge in [-0.25, -0.2) is 14.6 Å². The van der Waals surface area contributed by atoms with Gasteiger partial charge in [0, 0.05) is 0 Å². The van der Waals surface area contributed by atoms with Gasteiger partial charge in [-0.15, -0.1) is 0 Å². The molecule has 1 saturated heterocycles. The smallest absolute Gasteiger partial charge is 0.181 e. The number of fused-ring (bicyclic) bond motifs is 1. The lowest BCUT2D eigenvalue weighted by Crippen LogP contribution is -2.30. The Morgan fingerprint density at radius 3 is 2.74 bits per heavy atom. The van der Waals surface area contributed by atoms with E-state index in [9.17, 15) is 10.2 Å². The van der Waals surface area contributed by atoms with Crippen molar-refractivity contribution < 1.29 is 14.9 Å². The summed E-state index contributed by atoms with van der Waals surface area (Å²) >= 11 is 8.03. The predicted octanol–water partition coefficient (Wildman–Crippen LogP) is 0.723. The van der Waals surface area contributed by atoms with Crippen molar-refractivity contribution in [3.8, 4) is 0 Å². The Morgan fingerprint density at radius 1 is 1.37 bits per heavy atom. The van der Waals surface area contributed by atoms with E-state index in [1.54, 1.807) is 6.92 Å². The Hall–Kier alpha value is -0.550. The van der Waals surface area contributed by atoms with Crippen LogP contribution in [-0.2, 0) is 4.74 Å². The molecule has 19 heavy (non-hydrogen) atoms. The topological polar surface area (TPSA) is 93.3 Å². The second-order valence-corrected chi connectivity index (χ2v) is 5.69. The first-order valence-electron chi connectivity index (χ1n) is 5.56. The van der Waals surface area contributed by atoms with Crippen LogP contribution in [0.2, 0.25) is 5.15 Å². The summed E-state index contributed by atoms with van der Waals surface area (Å²) < 4.78 is 7.57. The number of hydrogen-bond acceptors (Lipinski definition) is 6. The molecule has 4 atom stereocenters. The molecule has 7 nitrogen and oxygen atoms in total. The third-order valence-electron chi connectivity index (χ3n) is 3.12. The van der Waals surface area contributed by atoms with E-state index in [2.05, 4.69) is 15.1 Å². The van der Waals surface area contributed by atoms with Gasteiger partial charge >= 0.3 is 0 Å². The van der Waals surface area contributed by atoms with E-state index >= 15 is 0 Å². The van der Waals surface area contributed by atoms with Crippen molar-refractivity contribution in [3.05, 3.63) is 15.2 Å². The number of hydrogen-bond donors (Lipinski definition) is 2. The van der Waals surface area contributed by atoms with Gasteiger partial charge < -0.3 is 14.9 Å². The van der Waals surface area contributed by atoms with E-state index in [0.29, 0.717) is 19.9 Å². The molecule has 0 bridgehead atoms. The molecule has 1 fully saturated rings. The van der Waals surface area contributed by atoms with Crippen LogP contribution in [0.1, 0.15) is 13.2 Å². The summed E-state index contributed by atoms with van der Waals surface area (Å²) in [6.07, 6.45) is -1.97. The molecule has 2 N–H and O–H groups in total. The van der Waals surface area contributed by atoms with E-state index in [4.69, 9.17) is 16.3 Å². The van der Waals surface area contributed by atoms with E-state index in [-0.39, 0.29) is 0 Å². The lowest BCUT2D eigenvalue weighted by Gasteiger charge is -2.15. The predicted molar refractivity (Wildman–Crippen MR) is 74.6 cm³/mol. The SMILES string of the molecule is C[C@H]1O[C@@H](n2nc(I)c3c(Cl)ncnc32)[C@@H](O)[C@H]1O. The van der Waals surface area contributed by atoms with E-state index in [0.717, 1.165) is 0 Å². The molecule has 0 amide bonds. The Bertz CT molecular complexity index is 637. The van der Waals surface area contributed by atoms with Crippen LogP contribution in [0.25, 0.3) is 11.0 Å². The second-order valence-electron chi connectivity index (χ2n) is 4.31. The second kappa shape index (κ2) is 4.77. The van der Waals surface area contributed by atoms with Crippen molar-refractivity contribution in [1.82, 2.24) is 19.7 Å². The van der Waals surface area contributed by atoms with Gasteiger partial charge in [0.25, 0.3) is 0 Å².